The van der Waals surface area contributed by atoms with E-state index in [1.807, 2.05) is 25.1 Å². The van der Waals surface area contributed by atoms with Gasteiger partial charge in [0.25, 0.3) is 0 Å². The lowest BCUT2D eigenvalue weighted by molar-refractivity contribution is 0.243. The molecule has 2 rings (SSSR count). The number of hydrogen-bond acceptors (Lipinski definition) is 4. The third-order valence-electron chi connectivity index (χ3n) is 4.04. The van der Waals surface area contributed by atoms with Gasteiger partial charge in [0.15, 0.2) is 0 Å². The fourth-order valence-corrected chi connectivity index (χ4v) is 4.33. The minimum Gasteiger partial charge on any atom is -0.497 e. The fraction of sp³-hybridized carbons (Fsp3) is 0.600. The summed E-state index contributed by atoms with van der Waals surface area (Å²) >= 11 is 0. The van der Waals surface area contributed by atoms with Crippen LogP contribution < -0.4 is 10.5 Å². The van der Waals surface area contributed by atoms with Crippen molar-refractivity contribution in [1.29, 1.82) is 0 Å². The van der Waals surface area contributed by atoms with Gasteiger partial charge in [-0.15, -0.1) is 12.4 Å². The molecule has 1 aromatic carbocycles. The second kappa shape index (κ2) is 8.15. The molecule has 126 valence electrons. The zero-order valence-electron chi connectivity index (χ0n) is 13.1. The van der Waals surface area contributed by atoms with Crippen LogP contribution in [0.25, 0.3) is 0 Å². The monoisotopic (exact) mass is 348 g/mol. The Balaban J connectivity index is 0.00000242. The number of rotatable bonds is 5. The number of methoxy groups -OCH3 is 1. The highest BCUT2D eigenvalue weighted by atomic mass is 35.5. The molecule has 0 bridgehead atoms. The number of ether oxygens (including phenoxy) is 1. The third-order valence-corrected chi connectivity index (χ3v) is 5.86. The number of nitrogens with two attached hydrogens (primary N) is 1. The van der Waals surface area contributed by atoms with E-state index in [1.54, 1.807) is 17.5 Å². The van der Waals surface area contributed by atoms with Crippen LogP contribution >= 0.6 is 12.4 Å². The Labute approximate surface area is 139 Å². The van der Waals surface area contributed by atoms with Gasteiger partial charge in [0.05, 0.1) is 12.9 Å². The molecular weight excluding hydrogens is 324 g/mol. The smallest absolute Gasteiger partial charge is 0.218 e. The summed E-state index contributed by atoms with van der Waals surface area (Å²) in [5.41, 5.74) is 6.67. The lowest BCUT2D eigenvalue weighted by Crippen LogP contribution is -2.45. The fourth-order valence-electron chi connectivity index (χ4n) is 2.72. The maximum absolute atomic E-state index is 12.6. The van der Waals surface area contributed by atoms with Crippen LogP contribution in [0.15, 0.2) is 24.3 Å². The first-order chi connectivity index (χ1) is 9.92. The minimum atomic E-state index is -3.31. The van der Waals surface area contributed by atoms with E-state index in [2.05, 4.69) is 0 Å². The molecule has 0 radical (unpaired) electrons. The summed E-state index contributed by atoms with van der Waals surface area (Å²) in [7, 11) is -1.73. The van der Waals surface area contributed by atoms with Crippen molar-refractivity contribution in [3.63, 3.8) is 0 Å². The van der Waals surface area contributed by atoms with Gasteiger partial charge < -0.3 is 10.5 Å². The van der Waals surface area contributed by atoms with Gasteiger partial charge in [0.1, 0.15) is 5.75 Å². The standard InChI is InChI=1S/C15H24N2O3S.ClH/c1-12(16)14-6-4-8-17(10-14)21(18,19)11-13-5-3-7-15(9-13)20-2;/h3,5,7,9,12,14H,4,6,8,10-11,16H2,1-2H3;1H. The number of hydrogen-bond donors (Lipinski definition) is 1. The molecule has 2 unspecified atom stereocenters. The van der Waals surface area contributed by atoms with Crippen LogP contribution in [-0.2, 0) is 15.8 Å². The van der Waals surface area contributed by atoms with Crippen LogP contribution in [0.2, 0.25) is 0 Å². The predicted octanol–water partition coefficient (Wildman–Crippen LogP) is 2.01. The molecule has 1 aliphatic rings. The van der Waals surface area contributed by atoms with Gasteiger partial charge in [-0.3, -0.25) is 0 Å². The van der Waals surface area contributed by atoms with E-state index in [0.717, 1.165) is 18.4 Å². The van der Waals surface area contributed by atoms with E-state index in [4.69, 9.17) is 10.5 Å². The maximum atomic E-state index is 12.6. The Kier molecular flexibility index (Phi) is 7.12. The van der Waals surface area contributed by atoms with E-state index in [-0.39, 0.29) is 30.1 Å². The predicted molar refractivity (Wildman–Crippen MR) is 90.8 cm³/mol. The SMILES string of the molecule is COc1cccc(CS(=O)(=O)N2CCCC(C(C)N)C2)c1.Cl. The zero-order chi connectivity index (χ0) is 15.5. The Morgan fingerprint density at radius 2 is 2.18 bits per heavy atom. The van der Waals surface area contributed by atoms with Gasteiger partial charge in [-0.25, -0.2) is 12.7 Å². The highest BCUT2D eigenvalue weighted by Crippen LogP contribution is 2.23. The molecule has 1 saturated heterocycles. The van der Waals surface area contributed by atoms with Crippen molar-refractivity contribution in [1.82, 2.24) is 4.31 Å². The molecule has 22 heavy (non-hydrogen) atoms. The molecule has 7 heteroatoms. The summed E-state index contributed by atoms with van der Waals surface area (Å²) in [5.74, 6) is 0.934. The topological polar surface area (TPSA) is 72.6 Å². The lowest BCUT2D eigenvalue weighted by atomic mass is 9.93. The minimum absolute atomic E-state index is 0. The van der Waals surface area contributed by atoms with E-state index >= 15 is 0 Å². The van der Waals surface area contributed by atoms with E-state index in [0.29, 0.717) is 18.8 Å². The van der Waals surface area contributed by atoms with Gasteiger partial charge in [-0.05, 0) is 43.4 Å². The molecule has 2 atom stereocenters. The average Bonchev–Trinajstić information content (AvgIpc) is 2.47. The molecule has 0 aromatic heterocycles. The maximum Gasteiger partial charge on any atom is 0.218 e. The molecule has 1 heterocycles. The van der Waals surface area contributed by atoms with Crippen LogP contribution in [-0.4, -0.2) is 39.0 Å². The number of halogens is 1. The van der Waals surface area contributed by atoms with E-state index in [1.165, 1.54) is 0 Å². The highest BCUT2D eigenvalue weighted by Gasteiger charge is 2.30. The number of benzene rings is 1. The third kappa shape index (κ3) is 4.84. The molecule has 0 aliphatic carbocycles. The molecule has 2 N–H and O–H groups in total. The number of piperidine rings is 1. The Morgan fingerprint density at radius 3 is 2.82 bits per heavy atom. The first-order valence-corrected chi connectivity index (χ1v) is 8.89. The number of sulfonamides is 1. The van der Waals surface area contributed by atoms with Crippen LogP contribution in [0.5, 0.6) is 5.75 Å². The molecule has 5 nitrogen and oxygen atoms in total. The van der Waals surface area contributed by atoms with Crippen molar-refractivity contribution < 1.29 is 13.2 Å². The van der Waals surface area contributed by atoms with Crippen LogP contribution in [0, 0.1) is 5.92 Å². The van der Waals surface area contributed by atoms with Gasteiger partial charge >= 0.3 is 0 Å². The summed E-state index contributed by atoms with van der Waals surface area (Å²) in [6.07, 6.45) is 1.88. The molecule has 0 amide bonds. The molecule has 1 fully saturated rings. The summed E-state index contributed by atoms with van der Waals surface area (Å²) in [6.45, 7) is 3.07. The lowest BCUT2D eigenvalue weighted by Gasteiger charge is -2.33. The Morgan fingerprint density at radius 1 is 1.45 bits per heavy atom. The van der Waals surface area contributed by atoms with Gasteiger partial charge in [0, 0.05) is 19.1 Å². The molecule has 0 saturated carbocycles. The molecular formula is C15H25ClN2O3S. The molecule has 1 aromatic rings. The van der Waals surface area contributed by atoms with E-state index < -0.39 is 10.0 Å². The molecule has 0 spiro atoms. The largest absolute Gasteiger partial charge is 0.497 e. The Hall–Kier alpha value is -0.820. The Bertz CT molecular complexity index is 578. The molecule has 1 aliphatic heterocycles. The summed E-state index contributed by atoms with van der Waals surface area (Å²) < 4.78 is 31.9. The van der Waals surface area contributed by atoms with Crippen molar-refractivity contribution in [3.8, 4) is 5.75 Å². The zero-order valence-corrected chi connectivity index (χ0v) is 14.7. The normalized spacial score (nSPS) is 21.0. The summed E-state index contributed by atoms with van der Waals surface area (Å²) in [4.78, 5) is 0. The van der Waals surface area contributed by atoms with Crippen LogP contribution in [0.3, 0.4) is 0 Å². The quantitative estimate of drug-likeness (QED) is 0.883. The van der Waals surface area contributed by atoms with Crippen LogP contribution in [0.4, 0.5) is 0 Å². The first-order valence-electron chi connectivity index (χ1n) is 7.28. The van der Waals surface area contributed by atoms with Gasteiger partial charge in [-0.2, -0.15) is 0 Å². The highest BCUT2D eigenvalue weighted by molar-refractivity contribution is 7.88. The first kappa shape index (κ1) is 19.2. The van der Waals surface area contributed by atoms with E-state index in [9.17, 15) is 8.42 Å². The van der Waals surface area contributed by atoms with Gasteiger partial charge in [0.2, 0.25) is 10.0 Å². The summed E-state index contributed by atoms with van der Waals surface area (Å²) in [5, 5.41) is 0. The van der Waals surface area contributed by atoms with Crippen molar-refractivity contribution in [2.45, 2.75) is 31.6 Å². The second-order valence-corrected chi connectivity index (χ2v) is 7.70. The summed E-state index contributed by atoms with van der Waals surface area (Å²) in [6, 6.07) is 7.23. The van der Waals surface area contributed by atoms with Crippen LogP contribution in [0.1, 0.15) is 25.3 Å². The van der Waals surface area contributed by atoms with Crippen molar-refractivity contribution in [2.24, 2.45) is 11.7 Å². The van der Waals surface area contributed by atoms with Crippen molar-refractivity contribution in [2.75, 3.05) is 20.2 Å². The van der Waals surface area contributed by atoms with Crippen molar-refractivity contribution >= 4 is 22.4 Å². The van der Waals surface area contributed by atoms with Gasteiger partial charge in [-0.1, -0.05) is 12.1 Å². The average molecular weight is 349 g/mol. The van der Waals surface area contributed by atoms with Crippen molar-refractivity contribution in [3.05, 3.63) is 29.8 Å². The second-order valence-electron chi connectivity index (χ2n) is 5.73. The number of nitrogens with zero attached hydrogens (tertiary/aromatic N) is 1.